The zero-order valence-corrected chi connectivity index (χ0v) is 14.9. The number of nitrogens with one attached hydrogen (secondary N) is 1. The van der Waals surface area contributed by atoms with Gasteiger partial charge in [-0.25, -0.2) is 9.37 Å². The van der Waals surface area contributed by atoms with Crippen LogP contribution >= 0.6 is 0 Å². The van der Waals surface area contributed by atoms with Gasteiger partial charge in [0.2, 0.25) is 0 Å². The van der Waals surface area contributed by atoms with E-state index in [1.54, 1.807) is 32.3 Å². The first-order valence-electron chi connectivity index (χ1n) is 8.42. The van der Waals surface area contributed by atoms with Gasteiger partial charge in [-0.3, -0.25) is 0 Å². The van der Waals surface area contributed by atoms with Crippen LogP contribution in [0.2, 0.25) is 0 Å². The Morgan fingerprint density at radius 2 is 1.86 bits per heavy atom. The molecule has 0 bridgehead atoms. The largest absolute Gasteiger partial charge is 0.573 e. The van der Waals surface area contributed by atoms with E-state index in [0.717, 1.165) is 5.39 Å². The van der Waals surface area contributed by atoms with E-state index in [1.807, 2.05) is 10.6 Å². The summed E-state index contributed by atoms with van der Waals surface area (Å²) in [5.74, 6) is -0.327. The molecule has 2 heterocycles. The molecule has 0 saturated heterocycles. The Bertz CT molecular complexity index is 1200. The molecule has 144 valence electrons. The normalized spacial score (nSPS) is 11.9. The van der Waals surface area contributed by atoms with Gasteiger partial charge in [-0.15, -0.1) is 13.2 Å². The van der Waals surface area contributed by atoms with Crippen molar-refractivity contribution in [3.05, 3.63) is 60.0 Å². The molecular formula is C20H15F4N3O. The molecule has 8 heteroatoms. The van der Waals surface area contributed by atoms with Crippen LogP contribution in [0.3, 0.4) is 0 Å². The summed E-state index contributed by atoms with van der Waals surface area (Å²) in [6.45, 7) is 1.77. The summed E-state index contributed by atoms with van der Waals surface area (Å²) < 4.78 is 58.0. The van der Waals surface area contributed by atoms with Crippen LogP contribution in [0.4, 0.5) is 23.4 Å². The highest BCUT2D eigenvalue weighted by Crippen LogP contribution is 2.37. The number of aryl methyl sites for hydroxylation is 1. The summed E-state index contributed by atoms with van der Waals surface area (Å²) in [5.41, 5.74) is 2.14. The minimum atomic E-state index is -4.83. The van der Waals surface area contributed by atoms with Crippen LogP contribution in [0.15, 0.2) is 48.7 Å². The minimum Gasteiger partial charge on any atom is -0.403 e. The Labute approximate surface area is 157 Å². The fraction of sp³-hybridized carbons (Fsp3) is 0.150. The van der Waals surface area contributed by atoms with Crippen molar-refractivity contribution in [1.29, 1.82) is 0 Å². The number of benzene rings is 2. The second-order valence-electron chi connectivity index (χ2n) is 6.29. The Balaban J connectivity index is 2.08. The number of pyridine rings is 1. The van der Waals surface area contributed by atoms with Gasteiger partial charge in [-0.05, 0) is 42.8 Å². The highest BCUT2D eigenvalue weighted by molar-refractivity contribution is 6.10. The fourth-order valence-electron chi connectivity index (χ4n) is 3.39. The molecule has 4 rings (SSSR count). The number of anilines is 1. The van der Waals surface area contributed by atoms with Crippen molar-refractivity contribution in [2.24, 2.45) is 0 Å². The molecule has 0 aliphatic heterocycles. The lowest BCUT2D eigenvalue weighted by molar-refractivity contribution is -0.274. The molecule has 0 saturated carbocycles. The maximum Gasteiger partial charge on any atom is 0.573 e. The third kappa shape index (κ3) is 3.00. The van der Waals surface area contributed by atoms with Crippen LogP contribution in [0.5, 0.6) is 5.75 Å². The minimum absolute atomic E-state index is 0.0800. The Morgan fingerprint density at radius 3 is 2.54 bits per heavy atom. The van der Waals surface area contributed by atoms with E-state index in [2.05, 4.69) is 15.0 Å². The molecule has 0 aliphatic carbocycles. The highest BCUT2D eigenvalue weighted by atomic mass is 19.4. The van der Waals surface area contributed by atoms with E-state index in [9.17, 15) is 17.6 Å². The van der Waals surface area contributed by atoms with E-state index < -0.39 is 6.36 Å². The number of para-hydroxylation sites is 1. The molecule has 0 atom stereocenters. The molecule has 0 amide bonds. The van der Waals surface area contributed by atoms with Gasteiger partial charge in [0, 0.05) is 29.7 Å². The molecule has 2 aromatic carbocycles. The van der Waals surface area contributed by atoms with Crippen LogP contribution in [0, 0.1) is 12.7 Å². The van der Waals surface area contributed by atoms with Gasteiger partial charge >= 0.3 is 6.36 Å². The average Bonchev–Trinajstić information content (AvgIpc) is 3.05. The van der Waals surface area contributed by atoms with Gasteiger partial charge in [-0.1, -0.05) is 12.1 Å². The zero-order valence-electron chi connectivity index (χ0n) is 14.9. The number of alkyl halides is 3. The second-order valence-corrected chi connectivity index (χ2v) is 6.29. The topological polar surface area (TPSA) is 39.1 Å². The number of rotatable bonds is 3. The van der Waals surface area contributed by atoms with Crippen molar-refractivity contribution >= 4 is 27.6 Å². The Morgan fingerprint density at radius 1 is 1.07 bits per heavy atom. The Kier molecular flexibility index (Phi) is 4.14. The van der Waals surface area contributed by atoms with Crippen LogP contribution in [-0.2, 0) is 0 Å². The lowest BCUT2D eigenvalue weighted by Crippen LogP contribution is -2.17. The van der Waals surface area contributed by atoms with Gasteiger partial charge in [0.15, 0.2) is 5.75 Å². The highest BCUT2D eigenvalue weighted by Gasteiger charge is 2.32. The van der Waals surface area contributed by atoms with Crippen molar-refractivity contribution in [2.45, 2.75) is 13.3 Å². The van der Waals surface area contributed by atoms with E-state index in [4.69, 9.17) is 0 Å². The number of nitrogens with zero attached hydrogens (tertiary/aromatic N) is 2. The third-order valence-electron chi connectivity index (χ3n) is 4.50. The summed E-state index contributed by atoms with van der Waals surface area (Å²) in [5, 5.41) is 4.13. The van der Waals surface area contributed by atoms with Gasteiger partial charge in [0.1, 0.15) is 17.2 Å². The number of aromatic nitrogens is 2. The van der Waals surface area contributed by atoms with E-state index in [-0.39, 0.29) is 17.1 Å². The lowest BCUT2D eigenvalue weighted by atomic mass is 10.1. The predicted molar refractivity (Wildman–Crippen MR) is 99.5 cm³/mol. The number of ether oxygens (including phenoxy) is 1. The summed E-state index contributed by atoms with van der Waals surface area (Å²) in [6, 6.07) is 10.6. The summed E-state index contributed by atoms with van der Waals surface area (Å²) >= 11 is 0. The van der Waals surface area contributed by atoms with Crippen molar-refractivity contribution in [1.82, 2.24) is 9.55 Å². The van der Waals surface area contributed by atoms with Gasteiger partial charge in [-0.2, -0.15) is 0 Å². The van der Waals surface area contributed by atoms with Gasteiger partial charge < -0.3 is 14.6 Å². The first-order chi connectivity index (χ1) is 13.3. The maximum atomic E-state index is 13.5. The maximum absolute atomic E-state index is 13.5. The molecule has 0 radical (unpaired) electrons. The molecule has 0 aliphatic rings. The molecule has 4 aromatic rings. The SMILES string of the molecule is CNc1nc2c(OC(F)(F)F)cccc2c2c1ccn2-c1ccc(F)cc1C. The first-order valence-corrected chi connectivity index (χ1v) is 8.42. The molecule has 2 aromatic heterocycles. The van der Waals surface area contributed by atoms with Gasteiger partial charge in [0.25, 0.3) is 0 Å². The summed E-state index contributed by atoms with van der Waals surface area (Å²) in [4.78, 5) is 4.34. The molecule has 28 heavy (non-hydrogen) atoms. The van der Waals surface area contributed by atoms with Crippen molar-refractivity contribution < 1.29 is 22.3 Å². The molecule has 4 nitrogen and oxygen atoms in total. The van der Waals surface area contributed by atoms with Crippen molar-refractivity contribution in [3.63, 3.8) is 0 Å². The van der Waals surface area contributed by atoms with E-state index in [0.29, 0.717) is 28.0 Å². The molecule has 1 N–H and O–H groups in total. The van der Waals surface area contributed by atoms with Crippen LogP contribution in [0.1, 0.15) is 5.56 Å². The number of fused-ring (bicyclic) bond motifs is 3. The Hall–Kier alpha value is -3.29. The van der Waals surface area contributed by atoms with Crippen molar-refractivity contribution in [2.75, 3.05) is 12.4 Å². The molecule has 0 fully saturated rings. The lowest BCUT2D eigenvalue weighted by Gasteiger charge is -2.15. The van der Waals surface area contributed by atoms with Crippen LogP contribution in [0.25, 0.3) is 27.5 Å². The van der Waals surface area contributed by atoms with E-state index in [1.165, 1.54) is 24.3 Å². The fourth-order valence-corrected chi connectivity index (χ4v) is 3.39. The zero-order chi connectivity index (χ0) is 20.1. The van der Waals surface area contributed by atoms with E-state index >= 15 is 0 Å². The van der Waals surface area contributed by atoms with Crippen molar-refractivity contribution in [3.8, 4) is 11.4 Å². The van der Waals surface area contributed by atoms with Gasteiger partial charge in [0.05, 0.1) is 5.52 Å². The molecule has 0 unspecified atom stereocenters. The predicted octanol–water partition coefficient (Wildman–Crippen LogP) is 5.57. The smallest absolute Gasteiger partial charge is 0.403 e. The summed E-state index contributed by atoms with van der Waals surface area (Å²) in [6.07, 6.45) is -3.05. The molecular weight excluding hydrogens is 374 g/mol. The quantitative estimate of drug-likeness (QED) is 0.466. The van der Waals surface area contributed by atoms with Crippen LogP contribution in [-0.4, -0.2) is 23.0 Å². The summed E-state index contributed by atoms with van der Waals surface area (Å²) in [7, 11) is 1.64. The second kappa shape index (κ2) is 6.40. The number of halogens is 4. The van der Waals surface area contributed by atoms with Crippen LogP contribution < -0.4 is 10.1 Å². The third-order valence-corrected chi connectivity index (χ3v) is 4.50. The number of hydrogen-bond donors (Lipinski definition) is 1. The average molecular weight is 389 g/mol. The standard InChI is InChI=1S/C20H15F4N3O/c1-11-10-12(21)6-7-15(11)27-9-8-14-18(27)13-4-3-5-16(28-20(22,23)24)17(13)26-19(14)25-2/h3-10H,1-2H3,(H,25,26). The first kappa shape index (κ1) is 18.1. The molecule has 0 spiro atoms. The monoisotopic (exact) mass is 389 g/mol. The number of hydrogen-bond acceptors (Lipinski definition) is 3.